The van der Waals surface area contributed by atoms with Crippen LogP contribution in [-0.2, 0) is 0 Å². The summed E-state index contributed by atoms with van der Waals surface area (Å²) in [4.78, 5) is 3.59. The van der Waals surface area contributed by atoms with Crippen molar-refractivity contribution in [3.63, 3.8) is 0 Å². The predicted molar refractivity (Wildman–Crippen MR) is 43.5 cm³/mol. The maximum Gasteiger partial charge on any atom is 0.0992 e. The first-order chi connectivity index (χ1) is 4.52. The Morgan fingerprint density at radius 2 is 2.10 bits per heavy atom. The smallest absolute Gasteiger partial charge is 0.0992 e. The second-order valence-corrected chi connectivity index (χ2v) is 2.54. The minimum Gasteiger partial charge on any atom is -0.313 e. The van der Waals surface area contributed by atoms with Gasteiger partial charge in [-0.3, -0.25) is 4.99 Å². The summed E-state index contributed by atoms with van der Waals surface area (Å²) in [6, 6.07) is 0. The Bertz CT molecular complexity index is 110. The molecular formula is C6H16N4. The summed E-state index contributed by atoms with van der Waals surface area (Å²) in [7, 11) is 0. The largest absolute Gasteiger partial charge is 0.313 e. The van der Waals surface area contributed by atoms with E-state index in [1.165, 1.54) is 0 Å². The third kappa shape index (κ3) is 3.55. The van der Waals surface area contributed by atoms with E-state index >= 15 is 0 Å². The van der Waals surface area contributed by atoms with E-state index in [1.807, 2.05) is 6.92 Å². The average Bonchev–Trinajstić information content (AvgIpc) is 1.87. The quantitative estimate of drug-likeness (QED) is 0.363. The Hall–Kier alpha value is -0.450. The van der Waals surface area contributed by atoms with Gasteiger partial charge in [0, 0.05) is 6.42 Å². The minimum absolute atomic E-state index is 0.338. The van der Waals surface area contributed by atoms with Gasteiger partial charge in [0.05, 0.1) is 11.8 Å². The zero-order valence-corrected chi connectivity index (χ0v) is 6.38. The van der Waals surface area contributed by atoms with Crippen LogP contribution in [0.2, 0.25) is 0 Å². The number of nitrogens with zero attached hydrogens (tertiary/aromatic N) is 1. The van der Waals surface area contributed by atoms with Gasteiger partial charge in [0.25, 0.3) is 0 Å². The molecule has 0 aliphatic carbocycles. The van der Waals surface area contributed by atoms with Gasteiger partial charge in [-0.1, -0.05) is 6.92 Å². The van der Waals surface area contributed by atoms with Crippen LogP contribution >= 0.6 is 0 Å². The summed E-state index contributed by atoms with van der Waals surface area (Å²) in [6.45, 7) is 5.21. The zero-order chi connectivity index (χ0) is 8.20. The monoisotopic (exact) mass is 144 g/mol. The van der Waals surface area contributed by atoms with Crippen molar-refractivity contribution in [1.82, 2.24) is 0 Å². The zero-order valence-electron chi connectivity index (χ0n) is 6.38. The maximum atomic E-state index is 5.60. The highest BCUT2D eigenvalue weighted by molar-refractivity contribution is 5.23. The lowest BCUT2D eigenvalue weighted by molar-refractivity contribution is 0.363. The summed E-state index contributed by atoms with van der Waals surface area (Å²) in [5.41, 5.74) is 16.0. The molecule has 0 heterocycles. The molecule has 0 aromatic rings. The van der Waals surface area contributed by atoms with Gasteiger partial charge in [0.15, 0.2) is 0 Å². The fourth-order valence-corrected chi connectivity index (χ4v) is 0.598. The van der Waals surface area contributed by atoms with E-state index in [4.69, 9.17) is 17.2 Å². The lowest BCUT2D eigenvalue weighted by atomic mass is 10.0. The van der Waals surface area contributed by atoms with E-state index in [0.717, 1.165) is 0 Å². The Kier molecular flexibility index (Phi) is 3.49. The number of hydrogen-bond donors (Lipinski definition) is 3. The molecule has 6 N–H and O–H groups in total. The van der Waals surface area contributed by atoms with E-state index in [0.29, 0.717) is 12.8 Å². The lowest BCUT2D eigenvalue weighted by Crippen LogP contribution is -2.52. The first-order valence-electron chi connectivity index (χ1n) is 3.31. The van der Waals surface area contributed by atoms with Crippen LogP contribution in [0.3, 0.4) is 0 Å². The first-order valence-corrected chi connectivity index (χ1v) is 3.31. The SMILES string of the molecule is C=NC(N)CC(N)(N)CC. The Balaban J connectivity index is 3.75. The van der Waals surface area contributed by atoms with E-state index in [9.17, 15) is 0 Å². The summed E-state index contributed by atoms with van der Waals surface area (Å²) in [6.07, 6.45) is 0.832. The minimum atomic E-state index is -0.694. The second kappa shape index (κ2) is 3.65. The van der Waals surface area contributed by atoms with Gasteiger partial charge >= 0.3 is 0 Å². The van der Waals surface area contributed by atoms with Crippen LogP contribution in [0.25, 0.3) is 0 Å². The third-order valence-corrected chi connectivity index (χ3v) is 1.48. The van der Waals surface area contributed by atoms with Gasteiger partial charge in [0.1, 0.15) is 0 Å². The molecule has 0 aliphatic rings. The topological polar surface area (TPSA) is 90.4 Å². The van der Waals surface area contributed by atoms with Gasteiger partial charge in [0.2, 0.25) is 0 Å². The predicted octanol–water partition coefficient (Wildman–Crippen LogP) is -0.614. The van der Waals surface area contributed by atoms with Gasteiger partial charge < -0.3 is 17.2 Å². The second-order valence-electron chi connectivity index (χ2n) is 2.54. The number of aliphatic imine (C=N–C) groups is 1. The Morgan fingerprint density at radius 1 is 1.60 bits per heavy atom. The van der Waals surface area contributed by atoms with Crippen molar-refractivity contribution in [3.8, 4) is 0 Å². The molecule has 0 aliphatic heterocycles. The molecule has 0 fully saturated rings. The highest BCUT2D eigenvalue weighted by Crippen LogP contribution is 2.05. The highest BCUT2D eigenvalue weighted by atomic mass is 15.0. The van der Waals surface area contributed by atoms with Crippen LogP contribution in [0.4, 0.5) is 0 Å². The van der Waals surface area contributed by atoms with Crippen molar-refractivity contribution in [2.45, 2.75) is 31.6 Å². The number of hydrogen-bond acceptors (Lipinski definition) is 4. The number of rotatable bonds is 4. The van der Waals surface area contributed by atoms with Crippen LogP contribution < -0.4 is 17.2 Å². The first kappa shape index (κ1) is 9.55. The van der Waals surface area contributed by atoms with Gasteiger partial charge in [-0.05, 0) is 13.1 Å². The van der Waals surface area contributed by atoms with Crippen LogP contribution in [-0.4, -0.2) is 18.5 Å². The molecule has 0 saturated heterocycles. The molecule has 1 unspecified atom stereocenters. The van der Waals surface area contributed by atoms with E-state index in [2.05, 4.69) is 11.7 Å². The Morgan fingerprint density at radius 3 is 2.40 bits per heavy atom. The van der Waals surface area contributed by atoms with E-state index in [1.54, 1.807) is 0 Å². The van der Waals surface area contributed by atoms with Gasteiger partial charge in [-0.2, -0.15) is 0 Å². The van der Waals surface area contributed by atoms with Gasteiger partial charge in [-0.15, -0.1) is 0 Å². The molecule has 0 aromatic heterocycles. The fourth-order valence-electron chi connectivity index (χ4n) is 0.598. The third-order valence-electron chi connectivity index (χ3n) is 1.48. The van der Waals surface area contributed by atoms with Crippen LogP contribution in [0.1, 0.15) is 19.8 Å². The standard InChI is InChI=1S/C6H16N4/c1-3-6(8,9)4-5(7)10-2/h5H,2-4,7-9H2,1H3. The molecule has 0 amide bonds. The molecular weight excluding hydrogens is 128 g/mol. The molecule has 1 atom stereocenters. The lowest BCUT2D eigenvalue weighted by Gasteiger charge is -2.24. The van der Waals surface area contributed by atoms with E-state index < -0.39 is 5.66 Å². The summed E-state index contributed by atoms with van der Waals surface area (Å²) >= 11 is 0. The molecule has 0 rings (SSSR count). The van der Waals surface area contributed by atoms with Crippen LogP contribution in [0.15, 0.2) is 4.99 Å². The fraction of sp³-hybridized carbons (Fsp3) is 0.833. The molecule has 4 heteroatoms. The van der Waals surface area contributed by atoms with Crippen molar-refractivity contribution in [1.29, 1.82) is 0 Å². The number of nitrogens with two attached hydrogens (primary N) is 3. The normalized spacial score (nSPS) is 14.8. The molecule has 60 valence electrons. The Labute approximate surface area is 61.5 Å². The average molecular weight is 144 g/mol. The van der Waals surface area contributed by atoms with Crippen molar-refractivity contribution >= 4 is 6.72 Å². The van der Waals surface area contributed by atoms with Gasteiger partial charge in [-0.25, -0.2) is 0 Å². The molecule has 0 spiro atoms. The van der Waals surface area contributed by atoms with Crippen LogP contribution in [0.5, 0.6) is 0 Å². The molecule has 4 nitrogen and oxygen atoms in total. The highest BCUT2D eigenvalue weighted by Gasteiger charge is 2.18. The van der Waals surface area contributed by atoms with Crippen molar-refractivity contribution < 1.29 is 0 Å². The van der Waals surface area contributed by atoms with Crippen molar-refractivity contribution in [3.05, 3.63) is 0 Å². The maximum absolute atomic E-state index is 5.60. The molecule has 0 saturated carbocycles. The van der Waals surface area contributed by atoms with Crippen LogP contribution in [0, 0.1) is 0 Å². The van der Waals surface area contributed by atoms with Crippen molar-refractivity contribution in [2.75, 3.05) is 0 Å². The summed E-state index contributed by atoms with van der Waals surface area (Å²) < 4.78 is 0. The molecule has 10 heavy (non-hydrogen) atoms. The molecule has 0 radical (unpaired) electrons. The summed E-state index contributed by atoms with van der Waals surface area (Å²) in [5.74, 6) is 0. The van der Waals surface area contributed by atoms with Crippen molar-refractivity contribution in [2.24, 2.45) is 22.2 Å². The molecule has 0 bridgehead atoms. The summed E-state index contributed by atoms with van der Waals surface area (Å²) in [5, 5.41) is 0. The van der Waals surface area contributed by atoms with E-state index in [-0.39, 0.29) is 6.17 Å². The molecule has 0 aromatic carbocycles.